The van der Waals surface area contributed by atoms with E-state index in [1.165, 1.54) is 62.6 Å². The summed E-state index contributed by atoms with van der Waals surface area (Å²) in [5, 5.41) is 3.73. The highest BCUT2D eigenvalue weighted by Gasteiger charge is 2.15. The summed E-state index contributed by atoms with van der Waals surface area (Å²) in [6.45, 7) is 3.72. The average Bonchev–Trinajstić information content (AvgIpc) is 2.68. The molecular weight excluding hydrogens is 469 g/mol. The van der Waals surface area contributed by atoms with Crippen molar-refractivity contribution in [3.63, 3.8) is 0 Å². The van der Waals surface area contributed by atoms with Gasteiger partial charge >= 0.3 is 0 Å². The molecule has 0 bridgehead atoms. The maximum absolute atomic E-state index is 13.1. The summed E-state index contributed by atoms with van der Waals surface area (Å²) < 4.78 is 25.8. The number of halogens is 3. The molecule has 0 unspecified atom stereocenters. The number of hydrogen-bond donors (Lipinski definition) is 1. The fraction of sp³-hybridized carbons (Fsp3) is 0.500. The smallest absolute Gasteiger partial charge is 0.175 e. The van der Waals surface area contributed by atoms with E-state index < -0.39 is 0 Å². The molecule has 0 amide bonds. The molecule has 30 heavy (non-hydrogen) atoms. The minimum Gasteiger partial charge on any atom is -0.490 e. The van der Waals surface area contributed by atoms with Crippen LogP contribution in [-0.4, -0.2) is 12.6 Å². The minimum absolute atomic E-state index is 0. The Labute approximate surface area is 194 Å². The molecular formula is C24H32BrClFNO2. The highest BCUT2D eigenvalue weighted by molar-refractivity contribution is 9.10. The SMILES string of the molecule is CCOc1cc(CNC2CCCCCCC2)cc(Br)c1OCc1ccc(F)cc1.Cl. The maximum atomic E-state index is 13.1. The van der Waals surface area contributed by atoms with Gasteiger partial charge in [0, 0.05) is 12.6 Å². The van der Waals surface area contributed by atoms with Gasteiger partial charge in [0.2, 0.25) is 0 Å². The molecule has 1 saturated carbocycles. The molecule has 0 aliphatic heterocycles. The normalized spacial score (nSPS) is 15.0. The van der Waals surface area contributed by atoms with E-state index >= 15 is 0 Å². The van der Waals surface area contributed by atoms with Gasteiger partial charge in [-0.1, -0.05) is 44.2 Å². The molecule has 2 aromatic rings. The van der Waals surface area contributed by atoms with Crippen molar-refractivity contribution >= 4 is 28.3 Å². The molecule has 6 heteroatoms. The lowest BCUT2D eigenvalue weighted by Crippen LogP contribution is -2.29. The van der Waals surface area contributed by atoms with Crippen molar-refractivity contribution in [1.29, 1.82) is 0 Å². The van der Waals surface area contributed by atoms with Crippen LogP contribution in [0, 0.1) is 5.82 Å². The van der Waals surface area contributed by atoms with Crippen molar-refractivity contribution in [2.45, 2.75) is 71.1 Å². The summed E-state index contributed by atoms with van der Waals surface area (Å²) in [5.74, 6) is 1.18. The van der Waals surface area contributed by atoms with Gasteiger partial charge in [-0.3, -0.25) is 0 Å². The van der Waals surface area contributed by atoms with Gasteiger partial charge in [0.1, 0.15) is 12.4 Å². The van der Waals surface area contributed by atoms with Crippen molar-refractivity contribution in [2.75, 3.05) is 6.61 Å². The van der Waals surface area contributed by atoms with Crippen LogP contribution >= 0.6 is 28.3 Å². The predicted octanol–water partition coefficient (Wildman–Crippen LogP) is 7.19. The Morgan fingerprint density at radius 1 is 0.967 bits per heavy atom. The Bertz CT molecular complexity index is 765. The van der Waals surface area contributed by atoms with Crippen LogP contribution in [0.25, 0.3) is 0 Å². The van der Waals surface area contributed by atoms with Gasteiger partial charge in [-0.25, -0.2) is 4.39 Å². The third kappa shape index (κ3) is 7.75. The van der Waals surface area contributed by atoms with Gasteiger partial charge in [0.25, 0.3) is 0 Å². The third-order valence-electron chi connectivity index (χ3n) is 5.37. The Balaban J connectivity index is 0.00000320. The molecule has 0 heterocycles. The van der Waals surface area contributed by atoms with E-state index in [9.17, 15) is 4.39 Å². The van der Waals surface area contributed by atoms with Crippen molar-refractivity contribution in [3.05, 3.63) is 57.8 Å². The van der Waals surface area contributed by atoms with Crippen LogP contribution in [0.15, 0.2) is 40.9 Å². The van der Waals surface area contributed by atoms with E-state index in [1.807, 2.05) is 6.92 Å². The highest BCUT2D eigenvalue weighted by atomic mass is 79.9. The molecule has 1 N–H and O–H groups in total. The van der Waals surface area contributed by atoms with Crippen molar-refractivity contribution in [1.82, 2.24) is 5.32 Å². The molecule has 0 spiro atoms. The Morgan fingerprint density at radius 3 is 2.30 bits per heavy atom. The first kappa shape index (κ1) is 25.0. The first-order valence-electron chi connectivity index (χ1n) is 10.7. The van der Waals surface area contributed by atoms with E-state index in [1.54, 1.807) is 12.1 Å². The van der Waals surface area contributed by atoms with Crippen LogP contribution in [-0.2, 0) is 13.2 Å². The van der Waals surface area contributed by atoms with Gasteiger partial charge in [0.05, 0.1) is 11.1 Å². The van der Waals surface area contributed by atoms with E-state index in [0.29, 0.717) is 25.0 Å². The van der Waals surface area contributed by atoms with E-state index in [0.717, 1.165) is 22.3 Å². The quantitative estimate of drug-likeness (QED) is 0.416. The topological polar surface area (TPSA) is 30.5 Å². The summed E-state index contributed by atoms with van der Waals surface area (Å²) in [7, 11) is 0. The zero-order valence-corrected chi connectivity index (χ0v) is 20.0. The van der Waals surface area contributed by atoms with Crippen LogP contribution < -0.4 is 14.8 Å². The van der Waals surface area contributed by atoms with E-state index in [4.69, 9.17) is 9.47 Å². The number of nitrogens with one attached hydrogen (secondary N) is 1. The maximum Gasteiger partial charge on any atom is 0.175 e. The van der Waals surface area contributed by atoms with Crippen LogP contribution in [0.5, 0.6) is 11.5 Å². The Kier molecular flexibility index (Phi) is 11.0. The van der Waals surface area contributed by atoms with Gasteiger partial charge in [-0.05, 0) is 71.1 Å². The summed E-state index contributed by atoms with van der Waals surface area (Å²) in [6.07, 6.45) is 9.27. The highest BCUT2D eigenvalue weighted by Crippen LogP contribution is 2.37. The average molecular weight is 501 g/mol. The molecule has 0 saturated heterocycles. The summed E-state index contributed by atoms with van der Waals surface area (Å²) in [4.78, 5) is 0. The molecule has 1 aliphatic carbocycles. The first-order chi connectivity index (χ1) is 14.2. The number of rotatable bonds is 8. The summed E-state index contributed by atoms with van der Waals surface area (Å²) >= 11 is 3.65. The molecule has 1 fully saturated rings. The van der Waals surface area contributed by atoms with E-state index in [2.05, 4.69) is 33.4 Å². The second kappa shape index (κ2) is 13.2. The zero-order valence-electron chi connectivity index (χ0n) is 17.6. The van der Waals surface area contributed by atoms with Gasteiger partial charge in [-0.2, -0.15) is 0 Å². The fourth-order valence-electron chi connectivity index (χ4n) is 3.79. The van der Waals surface area contributed by atoms with Crippen molar-refractivity contribution < 1.29 is 13.9 Å². The van der Waals surface area contributed by atoms with Crippen molar-refractivity contribution in [2.24, 2.45) is 0 Å². The monoisotopic (exact) mass is 499 g/mol. The van der Waals surface area contributed by atoms with Gasteiger partial charge in [0.15, 0.2) is 11.5 Å². The van der Waals surface area contributed by atoms with Crippen LogP contribution in [0.1, 0.15) is 63.0 Å². The zero-order chi connectivity index (χ0) is 20.5. The van der Waals surface area contributed by atoms with Crippen LogP contribution in [0.4, 0.5) is 4.39 Å². The molecule has 0 aromatic heterocycles. The molecule has 2 aromatic carbocycles. The van der Waals surface area contributed by atoms with Crippen LogP contribution in [0.2, 0.25) is 0 Å². The second-order valence-corrected chi connectivity index (χ2v) is 8.53. The standard InChI is InChI=1S/C24H31BrFNO2.ClH/c1-2-28-23-15-19(16-27-21-8-6-4-3-5-7-9-21)14-22(25)24(23)29-17-18-10-12-20(26)13-11-18;/h10-15,21,27H,2-9,16-17H2,1H3;1H. The van der Waals surface area contributed by atoms with E-state index in [-0.39, 0.29) is 18.2 Å². The molecule has 0 atom stereocenters. The molecule has 1 aliphatic rings. The molecule has 3 nitrogen and oxygen atoms in total. The lowest BCUT2D eigenvalue weighted by molar-refractivity contribution is 0.267. The summed E-state index contributed by atoms with van der Waals surface area (Å²) in [5.41, 5.74) is 2.09. The lowest BCUT2D eigenvalue weighted by Gasteiger charge is -2.22. The molecule has 3 rings (SSSR count). The first-order valence-corrected chi connectivity index (χ1v) is 11.5. The minimum atomic E-state index is -0.244. The predicted molar refractivity (Wildman–Crippen MR) is 126 cm³/mol. The van der Waals surface area contributed by atoms with Gasteiger partial charge < -0.3 is 14.8 Å². The summed E-state index contributed by atoms with van der Waals surface area (Å²) in [6, 6.07) is 11.1. The number of hydrogen-bond acceptors (Lipinski definition) is 3. The van der Waals surface area contributed by atoms with Gasteiger partial charge in [-0.15, -0.1) is 12.4 Å². The molecule has 166 valence electrons. The third-order valence-corrected chi connectivity index (χ3v) is 5.95. The Hall–Kier alpha value is -1.30. The fourth-order valence-corrected chi connectivity index (χ4v) is 4.39. The number of ether oxygens (including phenoxy) is 2. The molecule has 0 radical (unpaired) electrons. The number of benzene rings is 2. The van der Waals surface area contributed by atoms with Crippen molar-refractivity contribution in [3.8, 4) is 11.5 Å². The van der Waals surface area contributed by atoms with Crippen LogP contribution in [0.3, 0.4) is 0 Å². The second-order valence-electron chi connectivity index (χ2n) is 7.68. The largest absolute Gasteiger partial charge is 0.490 e. The lowest BCUT2D eigenvalue weighted by atomic mass is 9.96. The Morgan fingerprint density at radius 2 is 1.63 bits per heavy atom.